The summed E-state index contributed by atoms with van der Waals surface area (Å²) in [5.74, 6) is 0.775. The summed E-state index contributed by atoms with van der Waals surface area (Å²) in [4.78, 5) is 27.6. The highest BCUT2D eigenvalue weighted by atomic mass is 35.5. The normalized spacial score (nSPS) is 25.7. The topological polar surface area (TPSA) is 61.4 Å². The van der Waals surface area contributed by atoms with Crippen LogP contribution in [0, 0.1) is 12.8 Å². The summed E-state index contributed by atoms with van der Waals surface area (Å²) < 4.78 is 0. The summed E-state index contributed by atoms with van der Waals surface area (Å²) in [5, 5.41) is 6.35. The lowest BCUT2D eigenvalue weighted by molar-refractivity contribution is -0.135. The molecule has 2 atom stereocenters. The van der Waals surface area contributed by atoms with Crippen LogP contribution in [0.2, 0.25) is 0 Å². The van der Waals surface area contributed by atoms with Gasteiger partial charge in [-0.2, -0.15) is 0 Å². The van der Waals surface area contributed by atoms with E-state index in [-0.39, 0.29) is 29.8 Å². The maximum atomic E-state index is 13.3. The molecule has 1 saturated carbocycles. The first-order valence-electron chi connectivity index (χ1n) is 10.5. The summed E-state index contributed by atoms with van der Waals surface area (Å²) in [6.07, 6.45) is 6.03. The largest absolute Gasteiger partial charge is 0.354 e. The Balaban J connectivity index is 0.00000225. The molecule has 2 unspecified atom stereocenters. The number of piperidine rings is 1. The van der Waals surface area contributed by atoms with Crippen LogP contribution in [-0.4, -0.2) is 48.9 Å². The fourth-order valence-electron chi connectivity index (χ4n) is 4.69. The molecule has 0 aromatic heterocycles. The highest BCUT2D eigenvalue weighted by molar-refractivity contribution is 5.91. The van der Waals surface area contributed by atoms with Crippen LogP contribution in [0.25, 0.3) is 0 Å². The van der Waals surface area contributed by atoms with Crippen LogP contribution in [0.3, 0.4) is 0 Å². The van der Waals surface area contributed by atoms with E-state index in [4.69, 9.17) is 0 Å². The van der Waals surface area contributed by atoms with Crippen molar-refractivity contribution < 1.29 is 9.59 Å². The Kier molecular flexibility index (Phi) is 6.66. The van der Waals surface area contributed by atoms with Crippen molar-refractivity contribution in [2.24, 2.45) is 5.92 Å². The van der Waals surface area contributed by atoms with E-state index in [0.717, 1.165) is 58.2 Å². The summed E-state index contributed by atoms with van der Waals surface area (Å²) >= 11 is 0. The Morgan fingerprint density at radius 3 is 2.75 bits per heavy atom. The zero-order valence-corrected chi connectivity index (χ0v) is 17.5. The monoisotopic (exact) mass is 405 g/mol. The zero-order chi connectivity index (χ0) is 18.9. The second-order valence-electron chi connectivity index (χ2n) is 8.61. The number of likely N-dealkylation sites (tertiary alicyclic amines) is 1. The molecule has 1 aromatic rings. The van der Waals surface area contributed by atoms with Gasteiger partial charge >= 0.3 is 0 Å². The number of carbonyl (C=O) groups is 2. The van der Waals surface area contributed by atoms with Crippen LogP contribution in [0.4, 0.5) is 0 Å². The van der Waals surface area contributed by atoms with Gasteiger partial charge in [0.1, 0.15) is 0 Å². The quantitative estimate of drug-likeness (QED) is 0.791. The van der Waals surface area contributed by atoms with Crippen LogP contribution >= 0.6 is 12.4 Å². The second kappa shape index (κ2) is 8.83. The first kappa shape index (κ1) is 21.1. The predicted molar refractivity (Wildman–Crippen MR) is 113 cm³/mol. The van der Waals surface area contributed by atoms with E-state index in [1.807, 2.05) is 0 Å². The van der Waals surface area contributed by atoms with Crippen molar-refractivity contribution in [3.8, 4) is 0 Å². The first-order chi connectivity index (χ1) is 13.1. The molecule has 1 aromatic carbocycles. The minimum Gasteiger partial charge on any atom is -0.354 e. The van der Waals surface area contributed by atoms with Crippen LogP contribution in [0.15, 0.2) is 24.3 Å². The molecule has 2 heterocycles. The Bertz CT molecular complexity index is 713. The number of aryl methyl sites for hydroxylation is 1. The second-order valence-corrected chi connectivity index (χ2v) is 8.61. The van der Waals surface area contributed by atoms with Crippen molar-refractivity contribution >= 4 is 24.2 Å². The van der Waals surface area contributed by atoms with E-state index in [1.165, 1.54) is 11.1 Å². The van der Waals surface area contributed by atoms with Crippen molar-refractivity contribution in [1.82, 2.24) is 15.5 Å². The van der Waals surface area contributed by atoms with E-state index in [9.17, 15) is 9.59 Å². The van der Waals surface area contributed by atoms with Gasteiger partial charge in [0.25, 0.3) is 0 Å². The standard InChI is InChI=1S/C22H31N3O2.ClH/c1-16-5-2-7-18(13-16)22(9-10-22)21(27)25-12-4-6-17(15-25)14-24-20(26)19-8-3-11-23-19;/h2,5,7,13,17,19,23H,3-4,6,8-12,14-15H2,1H3,(H,24,26);1H. The van der Waals surface area contributed by atoms with Crippen LogP contribution in [0.1, 0.15) is 49.7 Å². The molecule has 28 heavy (non-hydrogen) atoms. The van der Waals surface area contributed by atoms with Crippen molar-refractivity contribution in [2.75, 3.05) is 26.2 Å². The molecule has 2 saturated heterocycles. The Morgan fingerprint density at radius 2 is 2.07 bits per heavy atom. The average molecular weight is 406 g/mol. The van der Waals surface area contributed by atoms with Crippen LogP contribution in [-0.2, 0) is 15.0 Å². The summed E-state index contributed by atoms with van der Waals surface area (Å²) in [6, 6.07) is 8.39. The third-order valence-electron chi connectivity index (χ3n) is 6.48. The number of rotatable bonds is 5. The third kappa shape index (κ3) is 4.36. The maximum absolute atomic E-state index is 13.3. The Hall–Kier alpha value is -1.59. The molecular weight excluding hydrogens is 374 g/mol. The number of nitrogens with one attached hydrogen (secondary N) is 2. The van der Waals surface area contributed by atoms with Gasteiger partial charge in [-0.1, -0.05) is 29.8 Å². The molecule has 2 aliphatic heterocycles. The van der Waals surface area contributed by atoms with Crippen LogP contribution in [0.5, 0.6) is 0 Å². The number of carbonyl (C=O) groups excluding carboxylic acids is 2. The number of benzene rings is 1. The SMILES string of the molecule is Cc1cccc(C2(C(=O)N3CCCC(CNC(=O)C4CCCN4)C3)CC2)c1.Cl. The molecule has 1 aliphatic carbocycles. The summed E-state index contributed by atoms with van der Waals surface area (Å²) in [5.41, 5.74) is 2.10. The molecule has 154 valence electrons. The van der Waals surface area contributed by atoms with Crippen molar-refractivity contribution in [3.63, 3.8) is 0 Å². The zero-order valence-electron chi connectivity index (χ0n) is 16.7. The van der Waals surface area contributed by atoms with Crippen LogP contribution < -0.4 is 10.6 Å². The van der Waals surface area contributed by atoms with Gasteiger partial charge < -0.3 is 15.5 Å². The van der Waals surface area contributed by atoms with Gasteiger partial charge in [-0.3, -0.25) is 9.59 Å². The smallest absolute Gasteiger partial charge is 0.237 e. The molecule has 0 radical (unpaired) electrons. The molecule has 5 nitrogen and oxygen atoms in total. The van der Waals surface area contributed by atoms with Gasteiger partial charge in [-0.15, -0.1) is 12.4 Å². The Morgan fingerprint density at radius 1 is 1.25 bits per heavy atom. The van der Waals surface area contributed by atoms with Gasteiger partial charge in [0, 0.05) is 19.6 Å². The highest BCUT2D eigenvalue weighted by Crippen LogP contribution is 2.50. The van der Waals surface area contributed by atoms with E-state index < -0.39 is 0 Å². The van der Waals surface area contributed by atoms with Gasteiger partial charge in [0.15, 0.2) is 0 Å². The van der Waals surface area contributed by atoms with E-state index in [2.05, 4.69) is 46.7 Å². The molecule has 6 heteroatoms. The molecule has 4 rings (SSSR count). The summed E-state index contributed by atoms with van der Waals surface area (Å²) in [6.45, 7) is 5.32. The van der Waals surface area contributed by atoms with Crippen molar-refractivity contribution in [2.45, 2.75) is 56.9 Å². The van der Waals surface area contributed by atoms with Gasteiger partial charge in [0.05, 0.1) is 11.5 Å². The molecular formula is C22H32ClN3O2. The molecule has 2 amide bonds. The van der Waals surface area contributed by atoms with E-state index in [1.54, 1.807) is 0 Å². The fourth-order valence-corrected chi connectivity index (χ4v) is 4.69. The fraction of sp³-hybridized carbons (Fsp3) is 0.636. The molecule has 2 N–H and O–H groups in total. The highest BCUT2D eigenvalue weighted by Gasteiger charge is 2.53. The third-order valence-corrected chi connectivity index (χ3v) is 6.48. The predicted octanol–water partition coefficient (Wildman–Crippen LogP) is 2.56. The number of hydrogen-bond donors (Lipinski definition) is 2. The van der Waals surface area contributed by atoms with Gasteiger partial charge in [-0.25, -0.2) is 0 Å². The van der Waals surface area contributed by atoms with Gasteiger partial charge in [0.2, 0.25) is 11.8 Å². The minimum absolute atomic E-state index is 0. The lowest BCUT2D eigenvalue weighted by Crippen LogP contribution is -2.49. The number of hydrogen-bond acceptors (Lipinski definition) is 3. The van der Waals surface area contributed by atoms with E-state index >= 15 is 0 Å². The van der Waals surface area contributed by atoms with E-state index in [0.29, 0.717) is 18.4 Å². The lowest BCUT2D eigenvalue weighted by atomic mass is 9.90. The molecule has 3 fully saturated rings. The number of amides is 2. The maximum Gasteiger partial charge on any atom is 0.237 e. The lowest BCUT2D eigenvalue weighted by Gasteiger charge is -2.35. The molecule has 3 aliphatic rings. The summed E-state index contributed by atoms with van der Waals surface area (Å²) in [7, 11) is 0. The average Bonchev–Trinajstić information content (AvgIpc) is 3.32. The van der Waals surface area contributed by atoms with Crippen molar-refractivity contribution in [3.05, 3.63) is 35.4 Å². The minimum atomic E-state index is -0.287. The first-order valence-corrected chi connectivity index (χ1v) is 10.5. The van der Waals surface area contributed by atoms with Gasteiger partial charge in [-0.05, 0) is 63.5 Å². The molecule has 0 bridgehead atoms. The Labute approximate surface area is 174 Å². The number of halogens is 1. The molecule has 0 spiro atoms. The number of nitrogens with zero attached hydrogens (tertiary/aromatic N) is 1. The van der Waals surface area contributed by atoms with Crippen molar-refractivity contribution in [1.29, 1.82) is 0 Å².